The standard InChI is InChI=1S/C18H21ClN2O3S/c1-11-12-5-7-25-17(12)4-6-21(11)10-18(22)20-14-9-15(23-2)13(19)8-16(14)24-3/h5,7-9,11H,4,6,10H2,1-3H3,(H,20,22). The van der Waals surface area contributed by atoms with Crippen molar-refractivity contribution in [1.82, 2.24) is 4.90 Å². The summed E-state index contributed by atoms with van der Waals surface area (Å²) in [4.78, 5) is 16.2. The Morgan fingerprint density at radius 1 is 1.36 bits per heavy atom. The van der Waals surface area contributed by atoms with E-state index < -0.39 is 0 Å². The predicted octanol–water partition coefficient (Wildman–Crippen LogP) is 3.98. The number of nitrogens with zero attached hydrogens (tertiary/aromatic N) is 1. The van der Waals surface area contributed by atoms with Crippen LogP contribution in [0.5, 0.6) is 11.5 Å². The molecule has 1 aromatic carbocycles. The molecule has 2 heterocycles. The van der Waals surface area contributed by atoms with Gasteiger partial charge in [0.15, 0.2) is 0 Å². The van der Waals surface area contributed by atoms with Gasteiger partial charge in [0.1, 0.15) is 11.5 Å². The molecule has 1 aliphatic rings. The highest BCUT2D eigenvalue weighted by Crippen LogP contribution is 2.36. The number of hydrogen-bond acceptors (Lipinski definition) is 5. The molecule has 0 aliphatic carbocycles. The van der Waals surface area contributed by atoms with Crippen LogP contribution in [0, 0.1) is 0 Å². The molecule has 1 amide bonds. The Hall–Kier alpha value is -1.76. The van der Waals surface area contributed by atoms with Crippen LogP contribution in [0.2, 0.25) is 5.02 Å². The van der Waals surface area contributed by atoms with E-state index in [9.17, 15) is 4.79 Å². The van der Waals surface area contributed by atoms with Crippen LogP contribution < -0.4 is 14.8 Å². The summed E-state index contributed by atoms with van der Waals surface area (Å²) >= 11 is 7.90. The lowest BCUT2D eigenvalue weighted by Gasteiger charge is -2.33. The quantitative estimate of drug-likeness (QED) is 0.852. The number of fused-ring (bicyclic) bond motifs is 1. The molecule has 0 radical (unpaired) electrons. The van der Waals surface area contributed by atoms with E-state index in [0.29, 0.717) is 28.8 Å². The third-order valence-corrected chi connectivity index (χ3v) is 5.79. The first-order valence-corrected chi connectivity index (χ1v) is 9.31. The minimum Gasteiger partial charge on any atom is -0.495 e. The van der Waals surface area contributed by atoms with Crippen LogP contribution in [-0.2, 0) is 11.2 Å². The Morgan fingerprint density at radius 2 is 2.12 bits per heavy atom. The molecule has 7 heteroatoms. The molecule has 2 aromatic rings. The number of methoxy groups -OCH3 is 2. The fourth-order valence-corrected chi connectivity index (χ4v) is 4.30. The molecule has 25 heavy (non-hydrogen) atoms. The van der Waals surface area contributed by atoms with Gasteiger partial charge in [0.25, 0.3) is 0 Å². The molecular weight excluding hydrogens is 360 g/mol. The van der Waals surface area contributed by atoms with Gasteiger partial charge in [-0.05, 0) is 30.4 Å². The van der Waals surface area contributed by atoms with Gasteiger partial charge in [-0.2, -0.15) is 0 Å². The number of thiophene rings is 1. The first-order valence-electron chi connectivity index (χ1n) is 8.05. The number of hydrogen-bond donors (Lipinski definition) is 1. The first kappa shape index (κ1) is 18.0. The number of carbonyl (C=O) groups excluding carboxylic acids is 1. The van der Waals surface area contributed by atoms with E-state index in [0.717, 1.165) is 13.0 Å². The molecule has 0 saturated carbocycles. The minimum absolute atomic E-state index is 0.0896. The lowest BCUT2D eigenvalue weighted by molar-refractivity contribution is -0.117. The largest absolute Gasteiger partial charge is 0.495 e. The average Bonchev–Trinajstić information content (AvgIpc) is 3.08. The number of rotatable bonds is 5. The Kier molecular flexibility index (Phi) is 5.51. The Balaban J connectivity index is 1.71. The second-order valence-corrected chi connectivity index (χ2v) is 7.34. The zero-order chi connectivity index (χ0) is 18.0. The molecule has 1 N–H and O–H groups in total. The second-order valence-electron chi connectivity index (χ2n) is 5.93. The maximum absolute atomic E-state index is 12.5. The van der Waals surface area contributed by atoms with Crippen molar-refractivity contribution in [2.75, 3.05) is 32.6 Å². The third-order valence-electron chi connectivity index (χ3n) is 4.50. The maximum Gasteiger partial charge on any atom is 0.238 e. The van der Waals surface area contributed by atoms with E-state index >= 15 is 0 Å². The van der Waals surface area contributed by atoms with Gasteiger partial charge in [0, 0.05) is 29.6 Å². The van der Waals surface area contributed by atoms with Crippen molar-refractivity contribution in [1.29, 1.82) is 0 Å². The summed E-state index contributed by atoms with van der Waals surface area (Å²) in [6.07, 6.45) is 0.989. The molecule has 1 unspecified atom stereocenters. The van der Waals surface area contributed by atoms with Gasteiger partial charge in [-0.15, -0.1) is 11.3 Å². The summed E-state index contributed by atoms with van der Waals surface area (Å²) < 4.78 is 10.5. The lowest BCUT2D eigenvalue weighted by Crippen LogP contribution is -2.39. The van der Waals surface area contributed by atoms with E-state index in [4.69, 9.17) is 21.1 Å². The van der Waals surface area contributed by atoms with Crippen molar-refractivity contribution < 1.29 is 14.3 Å². The topological polar surface area (TPSA) is 50.8 Å². The smallest absolute Gasteiger partial charge is 0.238 e. The Morgan fingerprint density at radius 3 is 2.84 bits per heavy atom. The molecule has 0 saturated heterocycles. The highest BCUT2D eigenvalue weighted by atomic mass is 35.5. The van der Waals surface area contributed by atoms with Crippen LogP contribution in [0.4, 0.5) is 5.69 Å². The molecule has 1 atom stereocenters. The average molecular weight is 381 g/mol. The van der Waals surface area contributed by atoms with Gasteiger partial charge >= 0.3 is 0 Å². The van der Waals surface area contributed by atoms with Crippen molar-refractivity contribution in [3.63, 3.8) is 0 Å². The van der Waals surface area contributed by atoms with Crippen molar-refractivity contribution in [3.8, 4) is 11.5 Å². The van der Waals surface area contributed by atoms with Gasteiger partial charge in [-0.1, -0.05) is 11.6 Å². The summed E-state index contributed by atoms with van der Waals surface area (Å²) in [6, 6.07) is 5.71. The zero-order valence-corrected chi connectivity index (χ0v) is 16.0. The summed E-state index contributed by atoms with van der Waals surface area (Å²) in [6.45, 7) is 3.34. The molecular formula is C18H21ClN2O3S. The fraction of sp³-hybridized carbons (Fsp3) is 0.389. The van der Waals surface area contributed by atoms with Crippen LogP contribution in [0.1, 0.15) is 23.4 Å². The van der Waals surface area contributed by atoms with Gasteiger partial charge < -0.3 is 14.8 Å². The van der Waals surface area contributed by atoms with Gasteiger partial charge in [-0.25, -0.2) is 0 Å². The minimum atomic E-state index is -0.0896. The second kappa shape index (κ2) is 7.64. The summed E-state index contributed by atoms with van der Waals surface area (Å²) in [5, 5.41) is 5.47. The van der Waals surface area contributed by atoms with Crippen molar-refractivity contribution in [2.24, 2.45) is 0 Å². The van der Waals surface area contributed by atoms with Crippen LogP contribution in [-0.4, -0.2) is 38.1 Å². The predicted molar refractivity (Wildman–Crippen MR) is 101 cm³/mol. The maximum atomic E-state index is 12.5. The molecule has 1 aromatic heterocycles. The number of nitrogens with one attached hydrogen (secondary N) is 1. The third kappa shape index (κ3) is 3.76. The van der Waals surface area contributed by atoms with Crippen molar-refractivity contribution in [3.05, 3.63) is 39.0 Å². The molecule has 5 nitrogen and oxygen atoms in total. The number of halogens is 1. The molecule has 1 aliphatic heterocycles. The zero-order valence-electron chi connectivity index (χ0n) is 14.5. The summed E-state index contributed by atoms with van der Waals surface area (Å²) in [7, 11) is 3.08. The highest BCUT2D eigenvalue weighted by molar-refractivity contribution is 7.10. The summed E-state index contributed by atoms with van der Waals surface area (Å²) in [5.74, 6) is 0.909. The van der Waals surface area contributed by atoms with Gasteiger partial charge in [0.2, 0.25) is 5.91 Å². The molecule has 3 rings (SSSR count). The van der Waals surface area contributed by atoms with E-state index in [2.05, 4.69) is 28.6 Å². The van der Waals surface area contributed by atoms with Crippen LogP contribution in [0.3, 0.4) is 0 Å². The molecule has 0 fully saturated rings. The van der Waals surface area contributed by atoms with Crippen LogP contribution >= 0.6 is 22.9 Å². The Bertz CT molecular complexity index is 778. The van der Waals surface area contributed by atoms with E-state index in [1.807, 2.05) is 0 Å². The molecule has 0 bridgehead atoms. The van der Waals surface area contributed by atoms with E-state index in [1.54, 1.807) is 30.6 Å². The van der Waals surface area contributed by atoms with E-state index in [-0.39, 0.29) is 11.9 Å². The van der Waals surface area contributed by atoms with Crippen LogP contribution in [0.25, 0.3) is 0 Å². The fourth-order valence-electron chi connectivity index (χ4n) is 3.11. The number of anilines is 1. The normalized spacial score (nSPS) is 17.0. The lowest BCUT2D eigenvalue weighted by atomic mass is 10.0. The SMILES string of the molecule is COc1cc(NC(=O)CN2CCc3sccc3C2C)c(OC)cc1Cl. The number of benzene rings is 1. The van der Waals surface area contributed by atoms with Crippen molar-refractivity contribution in [2.45, 2.75) is 19.4 Å². The molecule has 134 valence electrons. The number of carbonyl (C=O) groups is 1. The van der Waals surface area contributed by atoms with Gasteiger partial charge in [-0.3, -0.25) is 9.69 Å². The number of amides is 1. The Labute approximate surface area is 156 Å². The molecule has 0 spiro atoms. The number of ether oxygens (including phenoxy) is 2. The van der Waals surface area contributed by atoms with Gasteiger partial charge in [0.05, 0.1) is 31.5 Å². The monoisotopic (exact) mass is 380 g/mol. The summed E-state index contributed by atoms with van der Waals surface area (Å²) in [5.41, 5.74) is 1.88. The van der Waals surface area contributed by atoms with Crippen molar-refractivity contribution >= 4 is 34.5 Å². The van der Waals surface area contributed by atoms with E-state index in [1.165, 1.54) is 17.6 Å². The first-order chi connectivity index (χ1) is 12.0. The van der Waals surface area contributed by atoms with Crippen LogP contribution in [0.15, 0.2) is 23.6 Å². The highest BCUT2D eigenvalue weighted by Gasteiger charge is 2.26.